The molecular formula is C11H14BCl2NO2Zr. The topological polar surface area (TPSA) is 44.6 Å². The molecule has 0 aliphatic carbocycles. The minimum Gasteiger partial charge on any atom is -1.00 e. The first-order valence-electron chi connectivity index (χ1n) is 4.96. The summed E-state index contributed by atoms with van der Waals surface area (Å²) < 4.78 is 0. The number of hydroxylamine groups is 2. The number of halogens is 2. The molecule has 0 spiro atoms. The van der Waals surface area contributed by atoms with Gasteiger partial charge in [0.1, 0.15) is 6.20 Å². The van der Waals surface area contributed by atoms with Crippen molar-refractivity contribution in [2.24, 2.45) is 0 Å². The van der Waals surface area contributed by atoms with E-state index in [1.165, 1.54) is 18.6 Å². The summed E-state index contributed by atoms with van der Waals surface area (Å²) in [6, 6.07) is 0. The third-order valence-corrected chi connectivity index (χ3v) is 2.04. The maximum atomic E-state index is 10.3. The van der Waals surface area contributed by atoms with Gasteiger partial charge in [0.05, 0.1) is 0 Å². The number of rotatable bonds is 0. The van der Waals surface area contributed by atoms with Crippen molar-refractivity contribution in [2.75, 3.05) is 0 Å². The van der Waals surface area contributed by atoms with E-state index in [1.807, 2.05) is 0 Å². The molecule has 3 nitrogen and oxygen atoms in total. The number of allylic oxidation sites excluding steroid dienone is 5. The van der Waals surface area contributed by atoms with Crippen LogP contribution in [0.3, 0.4) is 0 Å². The van der Waals surface area contributed by atoms with Crippen molar-refractivity contribution in [3.63, 3.8) is 0 Å². The fraction of sp³-hybridized carbons (Fsp3) is 0.182. The second kappa shape index (κ2) is 13.5. The Bertz CT molecular complexity index is 346. The zero-order valence-electron chi connectivity index (χ0n) is 9.98. The number of carbonyl (C=O) groups excluding carboxylic acids is 1. The van der Waals surface area contributed by atoms with E-state index in [4.69, 9.17) is 0 Å². The zero-order valence-corrected chi connectivity index (χ0v) is 13.9. The minimum atomic E-state index is -0.437. The largest absolute Gasteiger partial charge is 2.00 e. The molecule has 0 radical (unpaired) electrons. The Balaban J connectivity index is -0.000000215. The molecule has 0 saturated carbocycles. The molecule has 1 atom stereocenters. The second-order valence-corrected chi connectivity index (χ2v) is 3.47. The van der Waals surface area contributed by atoms with E-state index >= 15 is 0 Å². The van der Waals surface area contributed by atoms with Crippen molar-refractivity contribution in [3.8, 4) is 0 Å². The Hall–Kier alpha value is 0.0781. The normalized spacial score (nSPS) is 18.9. The van der Waals surface area contributed by atoms with E-state index in [2.05, 4.69) is 31.0 Å². The summed E-state index contributed by atoms with van der Waals surface area (Å²) in [6.07, 6.45) is 13.2. The first kappa shape index (κ1) is 23.2. The summed E-state index contributed by atoms with van der Waals surface area (Å²) in [6.45, 7) is 2.99. The minimum absolute atomic E-state index is 0. The van der Waals surface area contributed by atoms with Crippen molar-refractivity contribution in [2.45, 2.75) is 13.1 Å². The SMILES string of the molecule is CB1C=CC=CC1.O=C1C=CC=C[NH+]1[O-].[Cl-].[Cl-].[Zr+2]. The Morgan fingerprint density at radius 2 is 1.89 bits per heavy atom. The molecule has 96 valence electrons. The van der Waals surface area contributed by atoms with Crippen LogP contribution in [0.5, 0.6) is 0 Å². The van der Waals surface area contributed by atoms with Crippen molar-refractivity contribution in [1.82, 2.24) is 0 Å². The first-order valence-corrected chi connectivity index (χ1v) is 4.96. The van der Waals surface area contributed by atoms with Gasteiger partial charge in [-0.05, 0) is 12.2 Å². The van der Waals surface area contributed by atoms with Crippen LogP contribution in [0, 0.1) is 5.21 Å². The zero-order chi connectivity index (χ0) is 11.1. The predicted octanol–water partition coefficient (Wildman–Crippen LogP) is -5.24. The second-order valence-electron chi connectivity index (χ2n) is 3.47. The van der Waals surface area contributed by atoms with E-state index in [0.29, 0.717) is 0 Å². The van der Waals surface area contributed by atoms with Gasteiger partial charge in [0, 0.05) is 6.08 Å². The van der Waals surface area contributed by atoms with Crippen LogP contribution in [0.15, 0.2) is 48.6 Å². The van der Waals surface area contributed by atoms with Crippen LogP contribution in [0.1, 0.15) is 0 Å². The van der Waals surface area contributed by atoms with Gasteiger partial charge in [-0.25, -0.2) is 4.79 Å². The summed E-state index contributed by atoms with van der Waals surface area (Å²) in [5.74, 6) is 1.78. The van der Waals surface area contributed by atoms with Crippen LogP contribution in [0.2, 0.25) is 13.1 Å². The monoisotopic (exact) mass is 363 g/mol. The summed E-state index contributed by atoms with van der Waals surface area (Å²) in [5.41, 5.74) is 0. The molecule has 2 aliphatic rings. The summed E-state index contributed by atoms with van der Waals surface area (Å²) in [5, 5.41) is 9.87. The average Bonchev–Trinajstić information content (AvgIpc) is 2.25. The van der Waals surface area contributed by atoms with E-state index in [1.54, 1.807) is 12.2 Å². The fourth-order valence-corrected chi connectivity index (χ4v) is 1.15. The van der Waals surface area contributed by atoms with Crippen molar-refractivity contribution in [1.29, 1.82) is 0 Å². The molecule has 2 heterocycles. The van der Waals surface area contributed by atoms with Gasteiger partial charge >= 0.3 is 32.1 Å². The van der Waals surface area contributed by atoms with Crippen LogP contribution in [0.25, 0.3) is 0 Å². The average molecular weight is 365 g/mol. The van der Waals surface area contributed by atoms with Crippen LogP contribution in [-0.2, 0) is 31.0 Å². The molecular weight excluding hydrogens is 351 g/mol. The van der Waals surface area contributed by atoms with E-state index in [9.17, 15) is 10.0 Å². The number of amides is 1. The van der Waals surface area contributed by atoms with Crippen LogP contribution >= 0.6 is 0 Å². The molecule has 0 bridgehead atoms. The molecule has 0 aromatic rings. The Morgan fingerprint density at radius 1 is 1.22 bits per heavy atom. The summed E-state index contributed by atoms with van der Waals surface area (Å²) in [7, 11) is 0. The van der Waals surface area contributed by atoms with Gasteiger partial charge < -0.3 is 30.0 Å². The third kappa shape index (κ3) is 10.0. The number of carbonyl (C=O) groups is 1. The van der Waals surface area contributed by atoms with Gasteiger partial charge in [-0.1, -0.05) is 31.4 Å². The van der Waals surface area contributed by atoms with E-state index in [0.717, 1.165) is 6.71 Å². The van der Waals surface area contributed by atoms with Gasteiger partial charge in [0.25, 0.3) is 0 Å². The van der Waals surface area contributed by atoms with Gasteiger partial charge in [-0.3, -0.25) is 5.06 Å². The van der Waals surface area contributed by atoms with Gasteiger partial charge in [0.15, 0.2) is 6.71 Å². The summed E-state index contributed by atoms with van der Waals surface area (Å²) >= 11 is 0. The van der Waals surface area contributed by atoms with Gasteiger partial charge in [-0.15, -0.1) is 5.98 Å². The molecule has 7 heteroatoms. The molecule has 0 fully saturated rings. The molecule has 18 heavy (non-hydrogen) atoms. The molecule has 2 aliphatic heterocycles. The van der Waals surface area contributed by atoms with Crippen molar-refractivity contribution < 1.29 is 60.9 Å². The molecule has 2 rings (SSSR count). The Kier molecular flexibility index (Phi) is 17.4. The first-order chi connectivity index (χ1) is 7.20. The molecule has 0 aromatic heterocycles. The standard InChI is InChI=1S/C6H9B.C5H5NO2.2ClH.Zr/c1-7-5-3-2-4-6-7;7-5-3-1-2-4-6(5)8;;;/h2-5H,6H2,1H3;1-4,6H;2*1H;/q;;;;+2/p-2. The van der Waals surface area contributed by atoms with E-state index < -0.39 is 11.0 Å². The number of hydrogen-bond acceptors (Lipinski definition) is 2. The molecule has 1 amide bonds. The number of quaternary nitrogens is 1. The van der Waals surface area contributed by atoms with E-state index in [-0.39, 0.29) is 51.0 Å². The van der Waals surface area contributed by atoms with Crippen molar-refractivity contribution in [3.05, 3.63) is 53.8 Å². The molecule has 1 N–H and O–H groups in total. The molecule has 0 saturated heterocycles. The molecule has 1 unspecified atom stereocenters. The Morgan fingerprint density at radius 3 is 2.17 bits per heavy atom. The van der Waals surface area contributed by atoms with Crippen LogP contribution in [-0.4, -0.2) is 12.6 Å². The van der Waals surface area contributed by atoms with Crippen molar-refractivity contribution >= 4 is 12.6 Å². The quantitative estimate of drug-likeness (QED) is 0.345. The number of hydrogen-bond donors (Lipinski definition) is 1. The van der Waals surface area contributed by atoms with Crippen LogP contribution < -0.4 is 29.9 Å². The maximum Gasteiger partial charge on any atom is 2.00 e. The van der Waals surface area contributed by atoms with Gasteiger partial charge in [0.2, 0.25) is 0 Å². The third-order valence-electron chi connectivity index (χ3n) is 2.04. The summed E-state index contributed by atoms with van der Waals surface area (Å²) in [4.78, 5) is 10.3. The smallest absolute Gasteiger partial charge is 1.00 e. The predicted molar refractivity (Wildman–Crippen MR) is 62.3 cm³/mol. The molecule has 0 aromatic carbocycles. The van der Waals surface area contributed by atoms with Crippen LogP contribution in [0.4, 0.5) is 0 Å². The van der Waals surface area contributed by atoms with Gasteiger partial charge in [-0.2, -0.15) is 0 Å². The Labute approximate surface area is 140 Å². The number of nitrogens with one attached hydrogen (secondary N) is 1. The fourth-order valence-electron chi connectivity index (χ4n) is 1.15. The maximum absolute atomic E-state index is 10.3.